The van der Waals surface area contributed by atoms with Crippen LogP contribution in [-0.2, 0) is 46.5 Å². The molecule has 19 heteroatoms. The van der Waals surface area contributed by atoms with Crippen molar-refractivity contribution in [3.8, 4) is 32.6 Å². The van der Waals surface area contributed by atoms with Crippen LogP contribution in [0.4, 0.5) is 16.4 Å². The summed E-state index contributed by atoms with van der Waals surface area (Å²) < 4.78 is 81.6. The minimum Gasteiger partial charge on any atom is -0.487 e. The van der Waals surface area contributed by atoms with Crippen molar-refractivity contribution in [3.05, 3.63) is 95.1 Å². The monoisotopic (exact) mass is 752 g/mol. The first-order valence-electron chi connectivity index (χ1n) is 14.8. The second kappa shape index (κ2) is 12.1. The highest BCUT2D eigenvalue weighted by Gasteiger charge is 2.34. The first-order chi connectivity index (χ1) is 23.9. The number of hydrogen-bond donors (Lipinski definition) is 4. The molecular formula is C31H24N6O9S4. The number of fused-ring (bicyclic) bond motifs is 6. The lowest BCUT2D eigenvalue weighted by molar-refractivity contribution is 0.261. The second-order valence-corrected chi connectivity index (χ2v) is 16.7. The number of carbonyl (C=O) groups excluding carboxylic acids is 1. The minimum atomic E-state index is -4.50. The maximum atomic E-state index is 13.6. The van der Waals surface area contributed by atoms with Crippen LogP contribution in [0.15, 0.2) is 81.2 Å². The quantitative estimate of drug-likeness (QED) is 0.142. The van der Waals surface area contributed by atoms with E-state index in [1.165, 1.54) is 12.1 Å². The Morgan fingerprint density at radius 2 is 1.10 bits per heavy atom. The van der Waals surface area contributed by atoms with Crippen LogP contribution in [0.2, 0.25) is 0 Å². The molecule has 4 N–H and O–H groups in total. The van der Waals surface area contributed by atoms with E-state index in [0.717, 1.165) is 33.8 Å². The van der Waals surface area contributed by atoms with Crippen LogP contribution in [0.3, 0.4) is 0 Å². The molecule has 2 amide bonds. The van der Waals surface area contributed by atoms with Gasteiger partial charge in [-0.3, -0.25) is 29.1 Å². The van der Waals surface area contributed by atoms with E-state index in [0.29, 0.717) is 32.3 Å². The van der Waals surface area contributed by atoms with Crippen molar-refractivity contribution in [3.63, 3.8) is 0 Å². The van der Waals surface area contributed by atoms with E-state index in [2.05, 4.69) is 20.8 Å². The van der Waals surface area contributed by atoms with Gasteiger partial charge in [-0.25, -0.2) is 4.79 Å². The van der Waals surface area contributed by atoms with Gasteiger partial charge in [-0.05, 0) is 11.1 Å². The van der Waals surface area contributed by atoms with Gasteiger partial charge in [0.1, 0.15) is 24.7 Å². The van der Waals surface area contributed by atoms with Gasteiger partial charge >= 0.3 is 26.3 Å². The van der Waals surface area contributed by atoms with Gasteiger partial charge in [0.15, 0.2) is 20.1 Å². The zero-order valence-electron chi connectivity index (χ0n) is 25.4. The number of hydrogen-bond acceptors (Lipinski definition) is 11. The number of rotatable bonds is 8. The molecule has 6 aromatic rings. The lowest BCUT2D eigenvalue weighted by atomic mass is 10.1. The van der Waals surface area contributed by atoms with Crippen LogP contribution in [0.25, 0.3) is 21.1 Å². The number of amides is 2. The maximum absolute atomic E-state index is 13.6. The van der Waals surface area contributed by atoms with E-state index in [9.17, 15) is 30.7 Å². The largest absolute Gasteiger partial charge is 0.487 e. The molecule has 0 spiro atoms. The lowest BCUT2D eigenvalue weighted by Gasteiger charge is -2.17. The number of ether oxygens (including phenoxy) is 2. The highest BCUT2D eigenvalue weighted by atomic mass is 32.3. The molecule has 0 fully saturated rings. The smallest absolute Gasteiger partial charge is 0.326 e. The van der Waals surface area contributed by atoms with Gasteiger partial charge in [-0.1, -0.05) is 60.7 Å². The molecule has 0 unspecified atom stereocenters. The van der Waals surface area contributed by atoms with Gasteiger partial charge in [0.2, 0.25) is 0 Å². The zero-order chi connectivity index (χ0) is 34.8. The third-order valence-corrected chi connectivity index (χ3v) is 12.8. The van der Waals surface area contributed by atoms with E-state index in [1.807, 2.05) is 60.7 Å². The summed E-state index contributed by atoms with van der Waals surface area (Å²) in [6.45, 7) is 0.490. The number of nitrogens with one attached hydrogen (secondary N) is 2. The molecular weight excluding hydrogens is 729 g/mol. The molecule has 2 aromatic carbocycles. The summed E-state index contributed by atoms with van der Waals surface area (Å²) in [7, 11) is -9.00. The van der Waals surface area contributed by atoms with Crippen molar-refractivity contribution in [1.82, 2.24) is 19.6 Å². The molecule has 4 aromatic heterocycles. The first kappa shape index (κ1) is 32.2. The number of carbonyl (C=O) groups is 1. The Labute approximate surface area is 292 Å². The average Bonchev–Trinajstić information content (AvgIpc) is 3.85. The average molecular weight is 753 g/mol. The number of aromatic nitrogens is 4. The van der Waals surface area contributed by atoms with Crippen LogP contribution in [0.1, 0.15) is 22.3 Å². The standard InChI is InChI=1S/C31H24N6O9S4/c38-31(32-29-19-15-45-21-11-23(49(39,40)41)47-27(21)25(19)36(34-29)13-17-7-3-1-4-8-17)33-30-20-16-46-22-12-24(50(42,43)44)48-28(22)26(20)37(35-30)14-18-9-5-2-6-10-18/h1-12H,13-16H2,(H,39,40,41)(H,42,43,44)(H2,32,33,34,35,38). The molecule has 0 saturated carbocycles. The summed E-state index contributed by atoms with van der Waals surface area (Å²) in [5.41, 5.74) is 3.84. The van der Waals surface area contributed by atoms with Crippen LogP contribution in [0, 0.1) is 0 Å². The molecule has 256 valence electrons. The van der Waals surface area contributed by atoms with Gasteiger partial charge in [-0.15, -0.1) is 22.7 Å². The van der Waals surface area contributed by atoms with Crippen molar-refractivity contribution in [1.29, 1.82) is 0 Å². The first-order valence-corrected chi connectivity index (χ1v) is 19.3. The van der Waals surface area contributed by atoms with Gasteiger partial charge in [0.05, 0.1) is 45.4 Å². The topological polar surface area (TPSA) is 204 Å². The van der Waals surface area contributed by atoms with Crippen molar-refractivity contribution >= 4 is 60.6 Å². The predicted molar refractivity (Wildman–Crippen MR) is 183 cm³/mol. The van der Waals surface area contributed by atoms with E-state index in [4.69, 9.17) is 9.47 Å². The Hall–Kier alpha value is -5.05. The van der Waals surface area contributed by atoms with Crippen LogP contribution >= 0.6 is 22.7 Å². The number of benzene rings is 2. The summed E-state index contributed by atoms with van der Waals surface area (Å²) in [6, 6.07) is 20.7. The molecule has 15 nitrogen and oxygen atoms in total. The number of urea groups is 1. The van der Waals surface area contributed by atoms with Crippen molar-refractivity contribution in [2.75, 3.05) is 10.6 Å². The maximum Gasteiger partial charge on any atom is 0.326 e. The molecule has 0 saturated heterocycles. The molecule has 6 heterocycles. The highest BCUT2D eigenvalue weighted by Crippen LogP contribution is 2.48. The van der Waals surface area contributed by atoms with Gasteiger partial charge in [-0.2, -0.15) is 27.0 Å². The van der Waals surface area contributed by atoms with Gasteiger partial charge in [0, 0.05) is 12.1 Å². The highest BCUT2D eigenvalue weighted by molar-refractivity contribution is 7.88. The molecule has 2 aliphatic rings. The van der Waals surface area contributed by atoms with Crippen LogP contribution in [0.5, 0.6) is 11.5 Å². The molecule has 2 aliphatic heterocycles. The van der Waals surface area contributed by atoms with E-state index in [-0.39, 0.29) is 57.9 Å². The Morgan fingerprint density at radius 1 is 0.700 bits per heavy atom. The predicted octanol–water partition coefficient (Wildman–Crippen LogP) is 5.56. The van der Waals surface area contributed by atoms with Crippen molar-refractivity contribution in [2.45, 2.75) is 34.7 Å². The molecule has 0 bridgehead atoms. The Kier molecular flexibility index (Phi) is 7.77. The Morgan fingerprint density at radius 3 is 1.48 bits per heavy atom. The summed E-state index contributed by atoms with van der Waals surface area (Å²) in [4.78, 5) is 14.5. The summed E-state index contributed by atoms with van der Waals surface area (Å²) in [5.74, 6) is 0.850. The fourth-order valence-electron chi connectivity index (χ4n) is 5.77. The summed E-state index contributed by atoms with van der Waals surface area (Å²) in [6.07, 6.45) is 0. The van der Waals surface area contributed by atoms with E-state index >= 15 is 0 Å². The Balaban J connectivity index is 1.15. The SMILES string of the molecule is O=C(Nc1nn(Cc2ccccc2)c2c1COc1cc(S(=O)(=O)O)sc1-2)Nc1nn(Cc2ccccc2)c2c1COc1cc(S(=O)(=O)O)sc1-2. The molecule has 8 rings (SSSR count). The molecule has 50 heavy (non-hydrogen) atoms. The molecule has 0 radical (unpaired) electrons. The third kappa shape index (κ3) is 5.92. The molecule has 0 aliphatic carbocycles. The van der Waals surface area contributed by atoms with Gasteiger partial charge < -0.3 is 9.47 Å². The van der Waals surface area contributed by atoms with E-state index in [1.54, 1.807) is 9.36 Å². The summed E-state index contributed by atoms with van der Waals surface area (Å²) in [5, 5.41) is 14.9. The fourth-order valence-corrected chi connectivity index (χ4v) is 9.45. The van der Waals surface area contributed by atoms with Crippen molar-refractivity contribution in [2.24, 2.45) is 0 Å². The third-order valence-electron chi connectivity index (χ3n) is 7.95. The van der Waals surface area contributed by atoms with Crippen LogP contribution < -0.4 is 20.1 Å². The van der Waals surface area contributed by atoms with E-state index < -0.39 is 26.3 Å². The Bertz CT molecular complexity index is 2350. The van der Waals surface area contributed by atoms with Gasteiger partial charge in [0.25, 0.3) is 0 Å². The number of nitrogens with zero attached hydrogens (tertiary/aromatic N) is 4. The number of anilines is 2. The van der Waals surface area contributed by atoms with Crippen molar-refractivity contribution < 1.29 is 40.2 Å². The number of thiophene rings is 2. The molecule has 0 atom stereocenters. The second-order valence-electron chi connectivity index (χ2n) is 11.3. The normalized spacial score (nSPS) is 13.3. The minimum absolute atomic E-state index is 0.0411. The lowest BCUT2D eigenvalue weighted by Crippen LogP contribution is -2.22. The zero-order valence-corrected chi connectivity index (χ0v) is 28.7. The van der Waals surface area contributed by atoms with Crippen LogP contribution in [-0.4, -0.2) is 51.5 Å². The summed E-state index contributed by atoms with van der Waals surface area (Å²) >= 11 is 1.66. The fraction of sp³-hybridized carbons (Fsp3) is 0.129.